The van der Waals surface area contributed by atoms with Gasteiger partial charge in [-0.1, -0.05) is 18.6 Å². The van der Waals surface area contributed by atoms with E-state index in [-0.39, 0.29) is 17.4 Å². The second-order valence-electron chi connectivity index (χ2n) is 7.57. The van der Waals surface area contributed by atoms with Crippen LogP contribution in [-0.2, 0) is 11.2 Å². The predicted molar refractivity (Wildman–Crippen MR) is 102 cm³/mol. The highest BCUT2D eigenvalue weighted by atomic mass is 35.5. The number of benzene rings is 1. The summed E-state index contributed by atoms with van der Waals surface area (Å²) in [5, 5.41) is 3.27. The lowest BCUT2D eigenvalue weighted by molar-refractivity contribution is 0.0501. The molecule has 1 aliphatic rings. The number of carbonyl (C=O) groups excluding carboxylic acids is 1. The van der Waals surface area contributed by atoms with Gasteiger partial charge in [-0.3, -0.25) is 0 Å². The van der Waals surface area contributed by atoms with Crippen LogP contribution in [0.1, 0.15) is 57.2 Å². The molecule has 0 saturated heterocycles. The molecule has 5 nitrogen and oxygen atoms in total. The van der Waals surface area contributed by atoms with Gasteiger partial charge in [-0.25, -0.2) is 14.8 Å². The minimum atomic E-state index is -0.506. The maximum absolute atomic E-state index is 12.2. The van der Waals surface area contributed by atoms with Gasteiger partial charge in [0.05, 0.1) is 11.7 Å². The number of rotatable bonds is 2. The minimum Gasteiger partial charge on any atom is -0.444 e. The van der Waals surface area contributed by atoms with Crippen LogP contribution in [0.5, 0.6) is 0 Å². The van der Waals surface area contributed by atoms with Crippen LogP contribution >= 0.6 is 11.6 Å². The van der Waals surface area contributed by atoms with E-state index in [2.05, 4.69) is 27.4 Å². The van der Waals surface area contributed by atoms with Crippen molar-refractivity contribution in [1.29, 1.82) is 0 Å². The topological polar surface area (TPSA) is 64.1 Å². The lowest BCUT2D eigenvalue weighted by atomic mass is 9.96. The molecule has 1 N–H and O–H groups in total. The van der Waals surface area contributed by atoms with Crippen molar-refractivity contribution < 1.29 is 9.53 Å². The summed E-state index contributed by atoms with van der Waals surface area (Å²) in [6.45, 7) is 5.60. The highest BCUT2D eigenvalue weighted by molar-refractivity contribution is 6.28. The summed E-state index contributed by atoms with van der Waals surface area (Å²) in [5.74, 6) is 0. The molecule has 138 valence electrons. The molecule has 0 spiro atoms. The Balaban J connectivity index is 1.86. The molecule has 1 unspecified atom stereocenters. The Bertz CT molecular complexity index is 802. The molecule has 0 radical (unpaired) electrons. The monoisotopic (exact) mass is 373 g/mol. The van der Waals surface area contributed by atoms with E-state index in [1.807, 2.05) is 32.9 Å². The number of alkyl carbamates (subject to hydrolysis) is 1. The van der Waals surface area contributed by atoms with Crippen molar-refractivity contribution in [2.24, 2.45) is 0 Å². The number of nitrogens with one attached hydrogen (secondary N) is 1. The second-order valence-corrected chi connectivity index (χ2v) is 7.91. The van der Waals surface area contributed by atoms with Gasteiger partial charge in [0.1, 0.15) is 5.60 Å². The van der Waals surface area contributed by atoms with Crippen LogP contribution in [0, 0.1) is 0 Å². The molecular weight excluding hydrogens is 350 g/mol. The summed E-state index contributed by atoms with van der Waals surface area (Å²) in [6.07, 6.45) is 5.32. The zero-order valence-corrected chi connectivity index (χ0v) is 16.1. The molecule has 0 bridgehead atoms. The molecule has 2 aromatic rings. The molecule has 0 fully saturated rings. The first-order chi connectivity index (χ1) is 12.3. The first kappa shape index (κ1) is 18.6. The van der Waals surface area contributed by atoms with Crippen LogP contribution in [0.3, 0.4) is 0 Å². The van der Waals surface area contributed by atoms with Crippen LogP contribution in [0.4, 0.5) is 4.79 Å². The molecule has 1 aromatic heterocycles. The standard InChI is InChI=1S/C20H24ClN3O2/c1-20(2,3)26-19(25)24-17-7-5-4-6-13-12-14(8-9-15(13)17)16-10-11-22-18(21)23-16/h8-12,17H,4-7H2,1-3H3,(H,24,25). The zero-order valence-electron chi connectivity index (χ0n) is 15.4. The third-order valence-corrected chi connectivity index (χ3v) is 4.50. The normalized spacial score (nSPS) is 17.2. The summed E-state index contributed by atoms with van der Waals surface area (Å²) in [7, 11) is 0. The summed E-state index contributed by atoms with van der Waals surface area (Å²) in [5.41, 5.74) is 3.68. The van der Waals surface area contributed by atoms with Crippen LogP contribution < -0.4 is 5.32 Å². The molecule has 26 heavy (non-hydrogen) atoms. The number of halogens is 1. The van der Waals surface area contributed by atoms with Gasteiger partial charge in [0.25, 0.3) is 0 Å². The van der Waals surface area contributed by atoms with Crippen LogP contribution in [0.2, 0.25) is 5.28 Å². The molecule has 1 aliphatic carbocycles. The lowest BCUT2D eigenvalue weighted by Gasteiger charge is -2.24. The number of nitrogens with zero attached hydrogens (tertiary/aromatic N) is 2. The maximum Gasteiger partial charge on any atom is 0.408 e. The Labute approximate surface area is 159 Å². The summed E-state index contributed by atoms with van der Waals surface area (Å²) < 4.78 is 5.42. The van der Waals surface area contributed by atoms with Crippen molar-refractivity contribution in [2.45, 2.75) is 58.1 Å². The average molecular weight is 374 g/mol. The van der Waals surface area contributed by atoms with Gasteiger partial charge in [0.2, 0.25) is 5.28 Å². The maximum atomic E-state index is 12.2. The van der Waals surface area contributed by atoms with Crippen LogP contribution in [0.25, 0.3) is 11.3 Å². The fourth-order valence-corrected chi connectivity index (χ4v) is 3.38. The number of amides is 1. The Kier molecular flexibility index (Phi) is 5.47. The molecule has 3 rings (SSSR count). The van der Waals surface area contributed by atoms with Crippen LogP contribution in [0.15, 0.2) is 30.5 Å². The van der Waals surface area contributed by atoms with Crippen LogP contribution in [-0.4, -0.2) is 21.7 Å². The van der Waals surface area contributed by atoms with Crippen molar-refractivity contribution in [3.8, 4) is 11.3 Å². The second kappa shape index (κ2) is 7.62. The van der Waals surface area contributed by atoms with Crippen molar-refractivity contribution >= 4 is 17.7 Å². The number of hydrogen-bond donors (Lipinski definition) is 1. The highest BCUT2D eigenvalue weighted by Crippen LogP contribution is 2.32. The van der Waals surface area contributed by atoms with Gasteiger partial charge in [0.15, 0.2) is 0 Å². The number of hydrogen-bond acceptors (Lipinski definition) is 4. The molecule has 1 atom stereocenters. The zero-order chi connectivity index (χ0) is 18.7. The molecule has 1 amide bonds. The fourth-order valence-electron chi connectivity index (χ4n) is 3.24. The summed E-state index contributed by atoms with van der Waals surface area (Å²) >= 11 is 5.91. The minimum absolute atomic E-state index is 0.0367. The van der Waals surface area contributed by atoms with Crippen molar-refractivity contribution in [2.75, 3.05) is 0 Å². The van der Waals surface area contributed by atoms with Crippen molar-refractivity contribution in [3.05, 3.63) is 46.9 Å². The largest absolute Gasteiger partial charge is 0.444 e. The van der Waals surface area contributed by atoms with Gasteiger partial charge in [0, 0.05) is 11.8 Å². The Hall–Kier alpha value is -2.14. The number of ether oxygens (including phenoxy) is 1. The third-order valence-electron chi connectivity index (χ3n) is 4.32. The smallest absolute Gasteiger partial charge is 0.408 e. The highest BCUT2D eigenvalue weighted by Gasteiger charge is 2.24. The van der Waals surface area contributed by atoms with E-state index in [0.29, 0.717) is 0 Å². The van der Waals surface area contributed by atoms with Crippen molar-refractivity contribution in [1.82, 2.24) is 15.3 Å². The van der Waals surface area contributed by atoms with E-state index >= 15 is 0 Å². The van der Waals surface area contributed by atoms with Gasteiger partial charge < -0.3 is 10.1 Å². The lowest BCUT2D eigenvalue weighted by Crippen LogP contribution is -2.35. The van der Waals surface area contributed by atoms with Crippen molar-refractivity contribution in [3.63, 3.8) is 0 Å². The van der Waals surface area contributed by atoms with E-state index in [9.17, 15) is 4.79 Å². The summed E-state index contributed by atoms with van der Waals surface area (Å²) in [4.78, 5) is 20.4. The number of aryl methyl sites for hydroxylation is 1. The number of carbonyl (C=O) groups is 1. The molecule has 1 heterocycles. The first-order valence-electron chi connectivity index (χ1n) is 8.93. The van der Waals surface area contributed by atoms with Gasteiger partial charge in [-0.05, 0) is 74.9 Å². The van der Waals surface area contributed by atoms with E-state index in [1.54, 1.807) is 6.20 Å². The molecule has 6 heteroatoms. The van der Waals surface area contributed by atoms with Gasteiger partial charge in [-0.2, -0.15) is 0 Å². The third kappa shape index (κ3) is 4.73. The van der Waals surface area contributed by atoms with E-state index < -0.39 is 5.60 Å². The Morgan fingerprint density at radius 2 is 2.08 bits per heavy atom. The molecular formula is C20H24ClN3O2. The first-order valence-corrected chi connectivity index (χ1v) is 9.31. The summed E-state index contributed by atoms with van der Waals surface area (Å²) in [6, 6.07) is 8.05. The molecule has 1 aromatic carbocycles. The van der Waals surface area contributed by atoms with E-state index in [4.69, 9.17) is 16.3 Å². The Morgan fingerprint density at radius 3 is 2.81 bits per heavy atom. The van der Waals surface area contributed by atoms with E-state index in [1.165, 1.54) is 5.56 Å². The predicted octanol–water partition coefficient (Wildman–Crippen LogP) is 5.09. The molecule has 0 aliphatic heterocycles. The van der Waals surface area contributed by atoms with E-state index in [0.717, 1.165) is 42.5 Å². The number of fused-ring (bicyclic) bond motifs is 1. The quantitative estimate of drug-likeness (QED) is 0.588. The van der Waals surface area contributed by atoms with Gasteiger partial charge in [-0.15, -0.1) is 0 Å². The molecule has 0 saturated carbocycles. The van der Waals surface area contributed by atoms with Gasteiger partial charge >= 0.3 is 6.09 Å². The SMILES string of the molecule is CC(C)(C)OC(=O)NC1CCCCc2cc(-c3ccnc(Cl)n3)ccc21. The fraction of sp³-hybridized carbons (Fsp3) is 0.450. The average Bonchev–Trinajstić information content (AvgIpc) is 2.75. The Morgan fingerprint density at radius 1 is 1.27 bits per heavy atom. The number of aromatic nitrogens is 2.